The van der Waals surface area contributed by atoms with Gasteiger partial charge in [-0.2, -0.15) is 0 Å². The van der Waals surface area contributed by atoms with Crippen molar-refractivity contribution in [2.45, 2.75) is 52.8 Å². The average Bonchev–Trinajstić information content (AvgIpc) is 2.53. The highest BCUT2D eigenvalue weighted by atomic mass is 16.5. The molecule has 1 N–H and O–H groups in total. The number of nitrogens with one attached hydrogen (secondary N) is 1. The Balaban J connectivity index is 2.00. The average molecular weight is 297 g/mol. The van der Waals surface area contributed by atoms with Gasteiger partial charge in [0.1, 0.15) is 12.4 Å². The summed E-state index contributed by atoms with van der Waals surface area (Å²) in [7, 11) is 0. The number of hydrogen-bond acceptors (Lipinski definition) is 2. The van der Waals surface area contributed by atoms with Crippen molar-refractivity contribution in [3.8, 4) is 5.75 Å². The third-order valence-electron chi connectivity index (χ3n) is 4.13. The van der Waals surface area contributed by atoms with E-state index in [0.717, 1.165) is 18.7 Å². The van der Waals surface area contributed by atoms with Gasteiger partial charge in [-0.25, -0.2) is 0 Å². The molecule has 0 aromatic heterocycles. The Morgan fingerprint density at radius 2 is 1.68 bits per heavy atom. The number of rotatable bonds is 7. The molecule has 0 aliphatic heterocycles. The summed E-state index contributed by atoms with van der Waals surface area (Å²) in [6, 6.07) is 16.7. The molecule has 0 radical (unpaired) electrons. The van der Waals surface area contributed by atoms with Gasteiger partial charge in [-0.05, 0) is 38.8 Å². The molecular weight excluding hydrogens is 270 g/mol. The Labute approximate surface area is 134 Å². The first-order chi connectivity index (χ1) is 10.5. The van der Waals surface area contributed by atoms with Crippen molar-refractivity contribution >= 4 is 0 Å². The molecule has 0 unspecified atom stereocenters. The van der Waals surface area contributed by atoms with Gasteiger partial charge in [0.2, 0.25) is 0 Å². The molecule has 2 aromatic rings. The fourth-order valence-corrected chi connectivity index (χ4v) is 2.10. The Bertz CT molecular complexity index is 587. The van der Waals surface area contributed by atoms with Crippen LogP contribution < -0.4 is 10.1 Å². The van der Waals surface area contributed by atoms with Crippen LogP contribution in [0.15, 0.2) is 48.5 Å². The van der Waals surface area contributed by atoms with Crippen molar-refractivity contribution in [2.75, 3.05) is 0 Å². The van der Waals surface area contributed by atoms with E-state index in [9.17, 15) is 0 Å². The molecule has 0 aliphatic carbocycles. The summed E-state index contributed by atoms with van der Waals surface area (Å²) < 4.78 is 6.02. The first-order valence-corrected chi connectivity index (χ1v) is 8.01. The lowest BCUT2D eigenvalue weighted by Gasteiger charge is -2.25. The summed E-state index contributed by atoms with van der Waals surface area (Å²) >= 11 is 0. The SMILES string of the molecule is CCC(C)(C)NCc1ccccc1OCc1ccc(C)cc1. The lowest BCUT2D eigenvalue weighted by atomic mass is 10.0. The second kappa shape index (κ2) is 7.46. The topological polar surface area (TPSA) is 21.3 Å². The fourth-order valence-electron chi connectivity index (χ4n) is 2.10. The van der Waals surface area contributed by atoms with Crippen molar-refractivity contribution in [1.29, 1.82) is 0 Å². The van der Waals surface area contributed by atoms with Gasteiger partial charge in [-0.1, -0.05) is 55.0 Å². The number of hydrogen-bond donors (Lipinski definition) is 1. The molecule has 0 spiro atoms. The zero-order valence-corrected chi connectivity index (χ0v) is 14.1. The summed E-state index contributed by atoms with van der Waals surface area (Å²) in [5, 5.41) is 3.59. The number of ether oxygens (including phenoxy) is 1. The van der Waals surface area contributed by atoms with Crippen LogP contribution in [-0.4, -0.2) is 5.54 Å². The van der Waals surface area contributed by atoms with Crippen molar-refractivity contribution in [3.05, 3.63) is 65.2 Å². The van der Waals surface area contributed by atoms with E-state index in [1.807, 2.05) is 12.1 Å². The molecule has 2 heteroatoms. The predicted octanol–water partition coefficient (Wildman–Crippen LogP) is 4.85. The highest BCUT2D eigenvalue weighted by molar-refractivity contribution is 5.33. The lowest BCUT2D eigenvalue weighted by molar-refractivity contribution is 0.298. The number of para-hydroxylation sites is 1. The van der Waals surface area contributed by atoms with E-state index in [4.69, 9.17) is 4.74 Å². The van der Waals surface area contributed by atoms with Gasteiger partial charge in [0, 0.05) is 17.6 Å². The van der Waals surface area contributed by atoms with E-state index in [1.54, 1.807) is 0 Å². The molecule has 0 saturated carbocycles. The first-order valence-electron chi connectivity index (χ1n) is 8.01. The minimum atomic E-state index is 0.143. The highest BCUT2D eigenvalue weighted by Crippen LogP contribution is 2.20. The van der Waals surface area contributed by atoms with Crippen LogP contribution in [0.4, 0.5) is 0 Å². The molecule has 0 atom stereocenters. The van der Waals surface area contributed by atoms with Crippen LogP contribution in [0, 0.1) is 6.92 Å². The summed E-state index contributed by atoms with van der Waals surface area (Å²) in [5.41, 5.74) is 3.82. The Morgan fingerprint density at radius 3 is 2.36 bits per heavy atom. The number of benzene rings is 2. The molecule has 0 amide bonds. The molecule has 0 heterocycles. The summed E-state index contributed by atoms with van der Waals surface area (Å²) in [5.74, 6) is 0.961. The summed E-state index contributed by atoms with van der Waals surface area (Å²) in [6.45, 7) is 10.2. The van der Waals surface area contributed by atoms with Crippen LogP contribution in [0.25, 0.3) is 0 Å². The second-order valence-electron chi connectivity index (χ2n) is 6.47. The van der Waals surface area contributed by atoms with E-state index in [0.29, 0.717) is 6.61 Å². The smallest absolute Gasteiger partial charge is 0.124 e. The Hall–Kier alpha value is -1.80. The van der Waals surface area contributed by atoms with Crippen LogP contribution in [0.5, 0.6) is 5.75 Å². The summed E-state index contributed by atoms with van der Waals surface area (Å²) in [4.78, 5) is 0. The highest BCUT2D eigenvalue weighted by Gasteiger charge is 2.14. The zero-order chi connectivity index (χ0) is 16.0. The Morgan fingerprint density at radius 1 is 1.00 bits per heavy atom. The first kappa shape index (κ1) is 16.6. The van der Waals surface area contributed by atoms with Crippen LogP contribution in [-0.2, 0) is 13.2 Å². The van der Waals surface area contributed by atoms with Gasteiger partial charge in [-0.3, -0.25) is 0 Å². The van der Waals surface area contributed by atoms with Gasteiger partial charge < -0.3 is 10.1 Å². The third kappa shape index (κ3) is 4.88. The van der Waals surface area contributed by atoms with Crippen LogP contribution in [0.1, 0.15) is 43.9 Å². The molecule has 0 aliphatic rings. The minimum absolute atomic E-state index is 0.143. The van der Waals surface area contributed by atoms with Gasteiger partial charge in [-0.15, -0.1) is 0 Å². The number of aryl methyl sites for hydroxylation is 1. The van der Waals surface area contributed by atoms with E-state index >= 15 is 0 Å². The normalized spacial score (nSPS) is 11.5. The van der Waals surface area contributed by atoms with E-state index in [2.05, 4.69) is 69.4 Å². The zero-order valence-electron chi connectivity index (χ0n) is 14.1. The van der Waals surface area contributed by atoms with Crippen molar-refractivity contribution in [3.63, 3.8) is 0 Å². The molecule has 2 nitrogen and oxygen atoms in total. The third-order valence-corrected chi connectivity index (χ3v) is 4.13. The van der Waals surface area contributed by atoms with Crippen LogP contribution >= 0.6 is 0 Å². The molecule has 118 valence electrons. The maximum Gasteiger partial charge on any atom is 0.124 e. The van der Waals surface area contributed by atoms with E-state index < -0.39 is 0 Å². The second-order valence-corrected chi connectivity index (χ2v) is 6.47. The van der Waals surface area contributed by atoms with E-state index in [1.165, 1.54) is 16.7 Å². The Kier molecular flexibility index (Phi) is 5.62. The van der Waals surface area contributed by atoms with Crippen molar-refractivity contribution < 1.29 is 4.74 Å². The van der Waals surface area contributed by atoms with Gasteiger partial charge >= 0.3 is 0 Å². The largest absolute Gasteiger partial charge is 0.489 e. The van der Waals surface area contributed by atoms with Gasteiger partial charge in [0.25, 0.3) is 0 Å². The predicted molar refractivity (Wildman–Crippen MR) is 93.2 cm³/mol. The van der Waals surface area contributed by atoms with E-state index in [-0.39, 0.29) is 5.54 Å². The van der Waals surface area contributed by atoms with Crippen LogP contribution in [0.2, 0.25) is 0 Å². The lowest BCUT2D eigenvalue weighted by Crippen LogP contribution is -2.37. The maximum absolute atomic E-state index is 6.02. The molecule has 0 saturated heterocycles. The monoisotopic (exact) mass is 297 g/mol. The molecule has 2 rings (SSSR count). The molecule has 0 bridgehead atoms. The minimum Gasteiger partial charge on any atom is -0.489 e. The molecule has 0 fully saturated rings. The van der Waals surface area contributed by atoms with Crippen molar-refractivity contribution in [1.82, 2.24) is 5.32 Å². The maximum atomic E-state index is 6.02. The molecule has 22 heavy (non-hydrogen) atoms. The van der Waals surface area contributed by atoms with Gasteiger partial charge in [0.05, 0.1) is 0 Å². The standard InChI is InChI=1S/C20H27NO/c1-5-20(3,4)21-14-18-8-6-7-9-19(18)22-15-17-12-10-16(2)11-13-17/h6-13,21H,5,14-15H2,1-4H3. The molecular formula is C20H27NO. The van der Waals surface area contributed by atoms with Crippen LogP contribution in [0.3, 0.4) is 0 Å². The fraction of sp³-hybridized carbons (Fsp3) is 0.400. The van der Waals surface area contributed by atoms with Crippen molar-refractivity contribution in [2.24, 2.45) is 0 Å². The molecule has 2 aromatic carbocycles. The van der Waals surface area contributed by atoms with Gasteiger partial charge in [0.15, 0.2) is 0 Å². The summed E-state index contributed by atoms with van der Waals surface area (Å²) in [6.07, 6.45) is 1.10. The quantitative estimate of drug-likeness (QED) is 0.788.